The van der Waals surface area contributed by atoms with Crippen molar-refractivity contribution >= 4 is 5.91 Å². The fraction of sp³-hybridized carbons (Fsp3) is 0.545. The number of hydrogen-bond donors (Lipinski definition) is 1. The molecule has 1 amide bonds. The van der Waals surface area contributed by atoms with Gasteiger partial charge in [0.05, 0.1) is 0 Å². The lowest BCUT2D eigenvalue weighted by Gasteiger charge is -2.17. The van der Waals surface area contributed by atoms with Gasteiger partial charge < -0.3 is 5.32 Å². The second-order valence-corrected chi connectivity index (χ2v) is 4.46. The van der Waals surface area contributed by atoms with Crippen LogP contribution < -0.4 is 5.32 Å². The van der Waals surface area contributed by atoms with E-state index in [9.17, 15) is 4.79 Å². The van der Waals surface area contributed by atoms with Crippen LogP contribution in [0.1, 0.15) is 26.5 Å². The van der Waals surface area contributed by atoms with Crippen molar-refractivity contribution in [3.8, 4) is 0 Å². The van der Waals surface area contributed by atoms with E-state index in [-0.39, 0.29) is 11.3 Å². The molecule has 0 aromatic carbocycles. The van der Waals surface area contributed by atoms with Gasteiger partial charge >= 0.3 is 0 Å². The Hall–Kier alpha value is -1.45. The zero-order chi connectivity index (χ0) is 11.3. The third-order valence-corrected chi connectivity index (χ3v) is 1.99. The lowest BCUT2D eigenvalue weighted by molar-refractivity contribution is -0.128. The van der Waals surface area contributed by atoms with E-state index in [1.54, 1.807) is 6.20 Å². The van der Waals surface area contributed by atoms with E-state index >= 15 is 0 Å². The molecule has 15 heavy (non-hydrogen) atoms. The van der Waals surface area contributed by atoms with Gasteiger partial charge in [-0.1, -0.05) is 20.8 Å². The molecule has 0 aliphatic carbocycles. The number of rotatable bonds is 3. The first-order valence-corrected chi connectivity index (χ1v) is 5.03. The van der Waals surface area contributed by atoms with Gasteiger partial charge in [0.25, 0.3) is 0 Å². The van der Waals surface area contributed by atoms with E-state index in [1.807, 2.05) is 26.8 Å². The van der Waals surface area contributed by atoms with Crippen molar-refractivity contribution < 1.29 is 4.79 Å². The molecule has 1 rings (SSSR count). The highest BCUT2D eigenvalue weighted by Gasteiger charge is 2.20. The Morgan fingerprint density at radius 3 is 2.73 bits per heavy atom. The van der Waals surface area contributed by atoms with Crippen LogP contribution in [0.4, 0.5) is 0 Å². The molecule has 1 aromatic heterocycles. The van der Waals surface area contributed by atoms with Crippen LogP contribution in [-0.2, 0) is 11.2 Å². The van der Waals surface area contributed by atoms with Gasteiger partial charge in [-0.05, 0) is 6.07 Å². The number of hydrogen-bond acceptors (Lipinski definition) is 3. The van der Waals surface area contributed by atoms with Gasteiger partial charge in [0.2, 0.25) is 5.91 Å². The summed E-state index contributed by atoms with van der Waals surface area (Å²) in [6.45, 7) is 6.31. The first-order valence-electron chi connectivity index (χ1n) is 5.03. The van der Waals surface area contributed by atoms with E-state index in [1.165, 1.54) is 6.33 Å². The zero-order valence-corrected chi connectivity index (χ0v) is 9.45. The lowest BCUT2D eigenvalue weighted by atomic mass is 9.96. The summed E-state index contributed by atoms with van der Waals surface area (Å²) in [5.74, 6) is 0.0663. The Bertz CT molecular complexity index is 316. The fourth-order valence-electron chi connectivity index (χ4n) is 1.04. The molecule has 0 atom stereocenters. The quantitative estimate of drug-likeness (QED) is 0.809. The summed E-state index contributed by atoms with van der Waals surface area (Å²) in [5, 5.41) is 2.87. The number of carbonyl (C=O) groups is 1. The van der Waals surface area contributed by atoms with Crippen molar-refractivity contribution in [2.45, 2.75) is 27.2 Å². The van der Waals surface area contributed by atoms with E-state index in [0.717, 1.165) is 12.1 Å². The largest absolute Gasteiger partial charge is 0.355 e. The lowest BCUT2D eigenvalue weighted by Crippen LogP contribution is -2.36. The standard InChI is InChI=1S/C11H17N3O/c1-11(2,3)10(15)13-7-5-9-4-6-12-8-14-9/h4,6,8H,5,7H2,1-3H3,(H,13,15). The maximum absolute atomic E-state index is 11.5. The van der Waals surface area contributed by atoms with E-state index in [0.29, 0.717) is 6.54 Å². The molecular weight excluding hydrogens is 190 g/mol. The number of amides is 1. The van der Waals surface area contributed by atoms with Gasteiger partial charge in [0, 0.05) is 30.3 Å². The van der Waals surface area contributed by atoms with Crippen LogP contribution in [0, 0.1) is 5.41 Å². The maximum atomic E-state index is 11.5. The molecule has 0 spiro atoms. The summed E-state index contributed by atoms with van der Waals surface area (Å²) in [4.78, 5) is 19.4. The first-order chi connectivity index (χ1) is 7.00. The molecule has 0 aliphatic rings. The van der Waals surface area contributed by atoms with Crippen LogP contribution in [-0.4, -0.2) is 22.4 Å². The maximum Gasteiger partial charge on any atom is 0.225 e. The van der Waals surface area contributed by atoms with Gasteiger partial charge in [-0.15, -0.1) is 0 Å². The minimum Gasteiger partial charge on any atom is -0.355 e. The molecule has 0 radical (unpaired) electrons. The first kappa shape index (κ1) is 11.6. The minimum atomic E-state index is -0.328. The number of aromatic nitrogens is 2. The van der Waals surface area contributed by atoms with Gasteiger partial charge in [-0.25, -0.2) is 9.97 Å². The van der Waals surface area contributed by atoms with Crippen LogP contribution in [0.5, 0.6) is 0 Å². The summed E-state index contributed by atoms with van der Waals surface area (Å²) >= 11 is 0. The van der Waals surface area contributed by atoms with Gasteiger partial charge in [0.15, 0.2) is 0 Å². The van der Waals surface area contributed by atoms with Crippen molar-refractivity contribution in [2.24, 2.45) is 5.41 Å². The molecule has 82 valence electrons. The van der Waals surface area contributed by atoms with E-state index in [2.05, 4.69) is 15.3 Å². The summed E-state index contributed by atoms with van der Waals surface area (Å²) < 4.78 is 0. The normalized spacial score (nSPS) is 11.1. The molecule has 1 N–H and O–H groups in total. The number of nitrogens with zero attached hydrogens (tertiary/aromatic N) is 2. The zero-order valence-electron chi connectivity index (χ0n) is 9.45. The minimum absolute atomic E-state index is 0.0663. The summed E-state index contributed by atoms with van der Waals surface area (Å²) in [6.07, 6.45) is 3.96. The van der Waals surface area contributed by atoms with Crippen molar-refractivity contribution in [1.82, 2.24) is 15.3 Å². The summed E-state index contributed by atoms with van der Waals surface area (Å²) in [5.41, 5.74) is 0.616. The Kier molecular flexibility index (Phi) is 3.77. The average molecular weight is 207 g/mol. The highest BCUT2D eigenvalue weighted by atomic mass is 16.2. The van der Waals surface area contributed by atoms with Crippen LogP contribution in [0.3, 0.4) is 0 Å². The number of nitrogens with one attached hydrogen (secondary N) is 1. The van der Waals surface area contributed by atoms with Gasteiger partial charge in [0.1, 0.15) is 6.33 Å². The Morgan fingerprint density at radius 2 is 2.20 bits per heavy atom. The average Bonchev–Trinajstić information content (AvgIpc) is 2.18. The topological polar surface area (TPSA) is 54.9 Å². The third kappa shape index (κ3) is 4.06. The molecule has 4 heteroatoms. The smallest absolute Gasteiger partial charge is 0.225 e. The van der Waals surface area contributed by atoms with Crippen molar-refractivity contribution in [3.05, 3.63) is 24.3 Å². The SMILES string of the molecule is CC(C)(C)C(=O)NCCc1ccncn1. The molecule has 1 heterocycles. The summed E-state index contributed by atoms with van der Waals surface area (Å²) in [6, 6.07) is 1.85. The molecular formula is C11H17N3O. The molecule has 1 aromatic rings. The number of carbonyl (C=O) groups excluding carboxylic acids is 1. The molecule has 0 fully saturated rings. The molecule has 4 nitrogen and oxygen atoms in total. The van der Waals surface area contributed by atoms with Crippen LogP contribution in [0.2, 0.25) is 0 Å². The van der Waals surface area contributed by atoms with E-state index < -0.39 is 0 Å². The Balaban J connectivity index is 2.32. The van der Waals surface area contributed by atoms with Crippen LogP contribution >= 0.6 is 0 Å². The molecule has 0 bridgehead atoms. The highest BCUT2D eigenvalue weighted by Crippen LogP contribution is 2.12. The summed E-state index contributed by atoms with van der Waals surface area (Å²) in [7, 11) is 0. The van der Waals surface area contributed by atoms with Crippen LogP contribution in [0.25, 0.3) is 0 Å². The predicted octanol–water partition coefficient (Wildman–Crippen LogP) is 1.18. The fourth-order valence-corrected chi connectivity index (χ4v) is 1.04. The molecule has 0 saturated carbocycles. The monoisotopic (exact) mass is 207 g/mol. The predicted molar refractivity (Wildman–Crippen MR) is 58.2 cm³/mol. The Morgan fingerprint density at radius 1 is 1.47 bits per heavy atom. The molecule has 0 unspecified atom stereocenters. The van der Waals surface area contributed by atoms with Gasteiger partial charge in [-0.3, -0.25) is 4.79 Å². The second kappa shape index (κ2) is 4.87. The van der Waals surface area contributed by atoms with Crippen molar-refractivity contribution in [3.63, 3.8) is 0 Å². The second-order valence-electron chi connectivity index (χ2n) is 4.46. The van der Waals surface area contributed by atoms with Crippen molar-refractivity contribution in [1.29, 1.82) is 0 Å². The third-order valence-electron chi connectivity index (χ3n) is 1.99. The van der Waals surface area contributed by atoms with Gasteiger partial charge in [-0.2, -0.15) is 0 Å². The van der Waals surface area contributed by atoms with E-state index in [4.69, 9.17) is 0 Å². The molecule has 0 aliphatic heterocycles. The molecule has 0 saturated heterocycles. The van der Waals surface area contributed by atoms with Crippen LogP contribution in [0.15, 0.2) is 18.6 Å². The van der Waals surface area contributed by atoms with Crippen molar-refractivity contribution in [2.75, 3.05) is 6.54 Å². The highest BCUT2D eigenvalue weighted by molar-refractivity contribution is 5.81. The Labute approximate surface area is 90.1 Å².